The summed E-state index contributed by atoms with van der Waals surface area (Å²) >= 11 is 1.31. The molecule has 0 fully saturated rings. The second-order valence-corrected chi connectivity index (χ2v) is 8.13. The molecule has 0 aliphatic heterocycles. The van der Waals surface area contributed by atoms with Gasteiger partial charge in [-0.3, -0.25) is 9.59 Å². The van der Waals surface area contributed by atoms with E-state index in [0.29, 0.717) is 0 Å². The minimum atomic E-state index is -0.340. The molecule has 0 radical (unpaired) electrons. The van der Waals surface area contributed by atoms with Crippen LogP contribution in [0.4, 0.5) is 11.4 Å². The number of amides is 2. The zero-order valence-electron chi connectivity index (χ0n) is 16.5. The lowest BCUT2D eigenvalue weighted by atomic mass is 10.1. The van der Waals surface area contributed by atoms with Gasteiger partial charge in [0.05, 0.1) is 11.0 Å². The topological polar surface area (TPSA) is 58.2 Å². The van der Waals surface area contributed by atoms with Crippen LogP contribution in [0.15, 0.2) is 78.9 Å². The van der Waals surface area contributed by atoms with Crippen LogP contribution in [0.3, 0.4) is 0 Å². The lowest BCUT2D eigenvalue weighted by molar-refractivity contribution is -0.115. The van der Waals surface area contributed by atoms with Gasteiger partial charge in [0.25, 0.3) is 0 Å². The highest BCUT2D eigenvalue weighted by Gasteiger charge is 2.15. The van der Waals surface area contributed by atoms with Crippen LogP contribution >= 0.6 is 11.8 Å². The SMILES string of the molecule is Cc1ccc(NC(=O)CS[C@H](C)C(=O)Nc2ccc(-c3ccccc3)cc2)cc1. The smallest absolute Gasteiger partial charge is 0.237 e. The van der Waals surface area contributed by atoms with E-state index >= 15 is 0 Å². The molecular formula is C24H24N2O2S. The maximum Gasteiger partial charge on any atom is 0.237 e. The van der Waals surface area contributed by atoms with Gasteiger partial charge in [0, 0.05) is 11.4 Å². The third-order valence-electron chi connectivity index (χ3n) is 4.43. The summed E-state index contributed by atoms with van der Waals surface area (Å²) in [7, 11) is 0. The molecule has 3 aromatic carbocycles. The average molecular weight is 405 g/mol. The van der Waals surface area contributed by atoms with Gasteiger partial charge in [-0.1, -0.05) is 60.2 Å². The summed E-state index contributed by atoms with van der Waals surface area (Å²) < 4.78 is 0. The fourth-order valence-electron chi connectivity index (χ4n) is 2.73. The van der Waals surface area contributed by atoms with Crippen molar-refractivity contribution in [3.8, 4) is 11.1 Å². The fraction of sp³-hybridized carbons (Fsp3) is 0.167. The second kappa shape index (κ2) is 9.94. The first kappa shape index (κ1) is 20.7. The molecule has 2 N–H and O–H groups in total. The van der Waals surface area contributed by atoms with Crippen LogP contribution in [0.2, 0.25) is 0 Å². The molecule has 0 aliphatic carbocycles. The van der Waals surface area contributed by atoms with Gasteiger partial charge in [0.15, 0.2) is 0 Å². The van der Waals surface area contributed by atoms with Crippen LogP contribution in [0.1, 0.15) is 12.5 Å². The summed E-state index contributed by atoms with van der Waals surface area (Å²) in [4.78, 5) is 24.5. The molecule has 0 heterocycles. The summed E-state index contributed by atoms with van der Waals surface area (Å²) in [5, 5.41) is 5.41. The number of carbonyl (C=O) groups excluding carboxylic acids is 2. The molecule has 0 spiro atoms. The van der Waals surface area contributed by atoms with Crippen molar-refractivity contribution < 1.29 is 9.59 Å². The van der Waals surface area contributed by atoms with E-state index in [0.717, 1.165) is 28.1 Å². The Bertz CT molecular complexity index is 954. The Kier molecular flexibility index (Phi) is 7.09. The third kappa shape index (κ3) is 6.22. The largest absolute Gasteiger partial charge is 0.325 e. The zero-order chi connectivity index (χ0) is 20.6. The monoisotopic (exact) mass is 404 g/mol. The second-order valence-electron chi connectivity index (χ2n) is 6.80. The van der Waals surface area contributed by atoms with Crippen LogP contribution in [0.5, 0.6) is 0 Å². The van der Waals surface area contributed by atoms with Gasteiger partial charge in [0.1, 0.15) is 0 Å². The average Bonchev–Trinajstić information content (AvgIpc) is 2.75. The van der Waals surface area contributed by atoms with Crippen LogP contribution in [-0.2, 0) is 9.59 Å². The van der Waals surface area contributed by atoms with E-state index in [1.54, 1.807) is 6.92 Å². The molecule has 0 bridgehead atoms. The summed E-state index contributed by atoms with van der Waals surface area (Å²) in [6.45, 7) is 3.80. The maximum atomic E-state index is 12.4. The van der Waals surface area contributed by atoms with Crippen molar-refractivity contribution in [3.63, 3.8) is 0 Å². The number of carbonyl (C=O) groups is 2. The molecule has 0 unspecified atom stereocenters. The van der Waals surface area contributed by atoms with Crippen LogP contribution in [-0.4, -0.2) is 22.8 Å². The Morgan fingerprint density at radius 3 is 2.00 bits per heavy atom. The number of nitrogens with one attached hydrogen (secondary N) is 2. The Hall–Kier alpha value is -3.05. The Morgan fingerprint density at radius 2 is 1.34 bits per heavy atom. The predicted molar refractivity (Wildman–Crippen MR) is 122 cm³/mol. The summed E-state index contributed by atoms with van der Waals surface area (Å²) in [6, 6.07) is 25.5. The number of anilines is 2. The number of benzene rings is 3. The zero-order valence-corrected chi connectivity index (χ0v) is 17.3. The molecule has 29 heavy (non-hydrogen) atoms. The number of aryl methyl sites for hydroxylation is 1. The molecule has 0 saturated carbocycles. The van der Waals surface area contributed by atoms with Crippen molar-refractivity contribution in [3.05, 3.63) is 84.4 Å². The first-order chi connectivity index (χ1) is 14.0. The quantitative estimate of drug-likeness (QED) is 0.557. The van der Waals surface area contributed by atoms with Gasteiger partial charge < -0.3 is 10.6 Å². The van der Waals surface area contributed by atoms with Gasteiger partial charge >= 0.3 is 0 Å². The fourth-order valence-corrected chi connectivity index (χ4v) is 3.41. The normalized spacial score (nSPS) is 11.5. The summed E-state index contributed by atoms with van der Waals surface area (Å²) in [6.07, 6.45) is 0. The molecule has 4 nitrogen and oxygen atoms in total. The van der Waals surface area contributed by atoms with E-state index in [2.05, 4.69) is 10.6 Å². The first-order valence-electron chi connectivity index (χ1n) is 9.46. The van der Waals surface area contributed by atoms with Crippen LogP contribution < -0.4 is 10.6 Å². The van der Waals surface area contributed by atoms with Gasteiger partial charge in [-0.2, -0.15) is 0 Å². The standard InChI is InChI=1S/C24H24N2O2S/c1-17-8-12-21(13-9-17)25-23(27)16-29-18(2)24(28)26-22-14-10-20(11-15-22)19-6-4-3-5-7-19/h3-15,18H,16H2,1-2H3,(H,25,27)(H,26,28)/t18-/m1/s1. The molecule has 5 heteroatoms. The molecule has 3 rings (SSSR count). The van der Waals surface area contributed by atoms with E-state index in [1.807, 2.05) is 85.8 Å². The summed E-state index contributed by atoms with van der Waals surface area (Å²) in [5.41, 5.74) is 4.87. The minimum Gasteiger partial charge on any atom is -0.325 e. The van der Waals surface area contributed by atoms with Gasteiger partial charge in [0.2, 0.25) is 11.8 Å². The highest BCUT2D eigenvalue weighted by atomic mass is 32.2. The molecule has 148 valence electrons. The van der Waals surface area contributed by atoms with E-state index in [9.17, 15) is 9.59 Å². The lowest BCUT2D eigenvalue weighted by Crippen LogP contribution is -2.25. The molecule has 2 amide bonds. The predicted octanol–water partition coefficient (Wildman–Crippen LogP) is 5.36. The van der Waals surface area contributed by atoms with Gasteiger partial charge in [-0.25, -0.2) is 0 Å². The Labute approximate surface area is 175 Å². The van der Waals surface area contributed by atoms with Crippen molar-refractivity contribution in [2.45, 2.75) is 19.1 Å². The van der Waals surface area contributed by atoms with Crippen molar-refractivity contribution in [2.75, 3.05) is 16.4 Å². The van der Waals surface area contributed by atoms with Crippen molar-refractivity contribution in [2.24, 2.45) is 0 Å². The molecule has 0 aliphatic rings. The number of thioether (sulfide) groups is 1. The van der Waals surface area contributed by atoms with E-state index < -0.39 is 0 Å². The highest BCUT2D eigenvalue weighted by Crippen LogP contribution is 2.22. The molecule has 0 saturated heterocycles. The van der Waals surface area contributed by atoms with Crippen molar-refractivity contribution in [1.82, 2.24) is 0 Å². The minimum absolute atomic E-state index is 0.120. The van der Waals surface area contributed by atoms with E-state index in [1.165, 1.54) is 11.8 Å². The number of rotatable bonds is 7. The highest BCUT2D eigenvalue weighted by molar-refractivity contribution is 8.01. The molecule has 3 aromatic rings. The lowest BCUT2D eigenvalue weighted by Gasteiger charge is -2.13. The summed E-state index contributed by atoms with van der Waals surface area (Å²) in [5.74, 6) is -0.0219. The Morgan fingerprint density at radius 1 is 0.793 bits per heavy atom. The van der Waals surface area contributed by atoms with E-state index in [-0.39, 0.29) is 22.8 Å². The maximum absolute atomic E-state index is 12.4. The van der Waals surface area contributed by atoms with Gasteiger partial charge in [-0.05, 0) is 49.2 Å². The first-order valence-corrected chi connectivity index (χ1v) is 10.5. The number of hydrogen-bond acceptors (Lipinski definition) is 3. The number of hydrogen-bond donors (Lipinski definition) is 2. The van der Waals surface area contributed by atoms with Crippen LogP contribution in [0, 0.1) is 6.92 Å². The van der Waals surface area contributed by atoms with Crippen LogP contribution in [0.25, 0.3) is 11.1 Å². The van der Waals surface area contributed by atoms with Gasteiger partial charge in [-0.15, -0.1) is 11.8 Å². The molecule has 1 atom stereocenters. The Balaban J connectivity index is 1.47. The van der Waals surface area contributed by atoms with Crippen molar-refractivity contribution in [1.29, 1.82) is 0 Å². The third-order valence-corrected chi connectivity index (χ3v) is 5.57. The van der Waals surface area contributed by atoms with E-state index in [4.69, 9.17) is 0 Å². The molecule has 0 aromatic heterocycles. The van der Waals surface area contributed by atoms with Crippen molar-refractivity contribution >= 4 is 35.0 Å². The molecular weight excluding hydrogens is 380 g/mol.